The molecule has 1 fully saturated rings. The van der Waals surface area contributed by atoms with E-state index in [1.807, 2.05) is 45.0 Å². The fraction of sp³-hybridized carbons (Fsp3) is 0.385. The third kappa shape index (κ3) is 5.52. The maximum absolute atomic E-state index is 13.3. The van der Waals surface area contributed by atoms with Crippen molar-refractivity contribution in [1.82, 2.24) is 9.21 Å². The van der Waals surface area contributed by atoms with Crippen LogP contribution in [0, 0.1) is 38.0 Å². The molecule has 6 nitrogen and oxygen atoms in total. The first-order valence-electron chi connectivity index (χ1n) is 11.1. The molecule has 3 rings (SSSR count). The van der Waals surface area contributed by atoms with Crippen LogP contribution in [0.3, 0.4) is 0 Å². The van der Waals surface area contributed by atoms with Crippen LogP contribution < -0.4 is 0 Å². The molecule has 1 aliphatic heterocycles. The molecule has 0 radical (unpaired) electrons. The molecule has 1 saturated heterocycles. The Labute approximate surface area is 197 Å². The number of carbonyl (C=O) groups is 1. The Kier molecular flexibility index (Phi) is 7.72. The van der Waals surface area contributed by atoms with Crippen LogP contribution in [0.15, 0.2) is 53.9 Å². The van der Waals surface area contributed by atoms with E-state index in [0.29, 0.717) is 49.5 Å². The van der Waals surface area contributed by atoms with E-state index in [0.717, 1.165) is 22.3 Å². The number of hydrogen-bond donors (Lipinski definition) is 0. The molecule has 174 valence electrons. The van der Waals surface area contributed by atoms with Crippen molar-refractivity contribution in [3.63, 3.8) is 0 Å². The van der Waals surface area contributed by atoms with Gasteiger partial charge in [-0.2, -0.15) is 9.57 Å². The van der Waals surface area contributed by atoms with Crippen LogP contribution in [-0.4, -0.2) is 43.2 Å². The standard InChI is InChI=1S/C26H31N3O3S/c1-5-12-28(18-23-8-6-22(17-27)7-9-23)26(30)24-10-13-29(14-11-24)33(31,32)25-20(3)15-19(2)16-21(25)4/h5-9,15-16,24H,1,10-14,18H2,2-4H3. The molecular weight excluding hydrogens is 434 g/mol. The zero-order valence-electron chi connectivity index (χ0n) is 19.5. The van der Waals surface area contributed by atoms with E-state index >= 15 is 0 Å². The largest absolute Gasteiger partial charge is 0.334 e. The molecule has 0 aliphatic carbocycles. The van der Waals surface area contributed by atoms with Gasteiger partial charge < -0.3 is 4.90 Å². The Morgan fingerprint density at radius 2 is 1.73 bits per heavy atom. The first-order valence-corrected chi connectivity index (χ1v) is 12.6. The van der Waals surface area contributed by atoms with Gasteiger partial charge in [-0.05, 0) is 62.4 Å². The Morgan fingerprint density at radius 1 is 1.15 bits per heavy atom. The van der Waals surface area contributed by atoms with E-state index in [2.05, 4.69) is 12.6 Å². The summed E-state index contributed by atoms with van der Waals surface area (Å²) < 4.78 is 28.2. The Hall–Kier alpha value is -2.95. The van der Waals surface area contributed by atoms with Gasteiger partial charge in [-0.3, -0.25) is 4.79 Å². The van der Waals surface area contributed by atoms with Crippen LogP contribution in [0.5, 0.6) is 0 Å². The van der Waals surface area contributed by atoms with Gasteiger partial charge in [0.15, 0.2) is 0 Å². The van der Waals surface area contributed by atoms with Crippen molar-refractivity contribution in [1.29, 1.82) is 5.26 Å². The minimum absolute atomic E-state index is 0.0130. The number of rotatable bonds is 7. The maximum Gasteiger partial charge on any atom is 0.243 e. The number of carbonyl (C=O) groups excluding carboxylic acids is 1. The van der Waals surface area contributed by atoms with Crippen molar-refractivity contribution >= 4 is 15.9 Å². The highest BCUT2D eigenvalue weighted by Gasteiger charge is 2.35. The highest BCUT2D eigenvalue weighted by atomic mass is 32.2. The zero-order valence-corrected chi connectivity index (χ0v) is 20.4. The van der Waals surface area contributed by atoms with Crippen molar-refractivity contribution in [3.05, 3.63) is 76.9 Å². The fourth-order valence-electron chi connectivity index (χ4n) is 4.60. The average Bonchev–Trinajstić information content (AvgIpc) is 2.78. The lowest BCUT2D eigenvalue weighted by molar-refractivity contribution is -0.136. The molecular formula is C26H31N3O3S. The van der Waals surface area contributed by atoms with Crippen LogP contribution in [0.1, 0.15) is 40.7 Å². The summed E-state index contributed by atoms with van der Waals surface area (Å²) in [6, 6.07) is 13.1. The van der Waals surface area contributed by atoms with Gasteiger partial charge in [0.05, 0.1) is 16.5 Å². The second-order valence-electron chi connectivity index (χ2n) is 8.72. The first kappa shape index (κ1) is 24.7. The normalized spacial score (nSPS) is 15.1. The molecule has 0 atom stereocenters. The molecule has 0 bridgehead atoms. The molecule has 0 unspecified atom stereocenters. The van der Waals surface area contributed by atoms with E-state index in [1.54, 1.807) is 23.1 Å². The Bertz CT molecular complexity index is 1150. The topological polar surface area (TPSA) is 81.5 Å². The van der Waals surface area contributed by atoms with Gasteiger partial charge >= 0.3 is 0 Å². The predicted molar refractivity (Wildman–Crippen MR) is 129 cm³/mol. The second-order valence-corrected chi connectivity index (χ2v) is 10.6. The van der Waals surface area contributed by atoms with E-state index in [-0.39, 0.29) is 11.8 Å². The molecule has 2 aromatic rings. The first-order chi connectivity index (χ1) is 15.7. The Morgan fingerprint density at radius 3 is 2.24 bits per heavy atom. The molecule has 0 N–H and O–H groups in total. The van der Waals surface area contributed by atoms with Gasteiger partial charge in [-0.15, -0.1) is 6.58 Å². The number of piperidine rings is 1. The molecule has 2 aromatic carbocycles. The van der Waals surface area contributed by atoms with E-state index < -0.39 is 10.0 Å². The van der Waals surface area contributed by atoms with E-state index in [4.69, 9.17) is 5.26 Å². The monoisotopic (exact) mass is 465 g/mol. The number of aryl methyl sites for hydroxylation is 3. The summed E-state index contributed by atoms with van der Waals surface area (Å²) in [4.78, 5) is 15.4. The highest BCUT2D eigenvalue weighted by molar-refractivity contribution is 7.89. The lowest BCUT2D eigenvalue weighted by atomic mass is 9.96. The number of hydrogen-bond acceptors (Lipinski definition) is 4. The molecule has 1 aliphatic rings. The number of amides is 1. The lowest BCUT2D eigenvalue weighted by Gasteiger charge is -2.34. The Balaban J connectivity index is 1.70. The molecule has 33 heavy (non-hydrogen) atoms. The van der Waals surface area contributed by atoms with Crippen molar-refractivity contribution in [2.45, 2.75) is 45.1 Å². The third-order valence-electron chi connectivity index (χ3n) is 6.12. The van der Waals surface area contributed by atoms with Crippen LogP contribution in [-0.2, 0) is 21.4 Å². The quantitative estimate of drug-likeness (QED) is 0.577. The van der Waals surface area contributed by atoms with Crippen molar-refractivity contribution in [2.75, 3.05) is 19.6 Å². The SMILES string of the molecule is C=CCN(Cc1ccc(C#N)cc1)C(=O)C1CCN(S(=O)(=O)c2c(C)cc(C)cc2C)CC1. The molecule has 0 aromatic heterocycles. The minimum atomic E-state index is -3.61. The van der Waals surface area contributed by atoms with Gasteiger partial charge in [0, 0.05) is 32.1 Å². The summed E-state index contributed by atoms with van der Waals surface area (Å²) in [7, 11) is -3.61. The van der Waals surface area contributed by atoms with Gasteiger partial charge in [0.2, 0.25) is 15.9 Å². The molecule has 7 heteroatoms. The summed E-state index contributed by atoms with van der Waals surface area (Å²) in [5.74, 6) is -0.214. The maximum atomic E-state index is 13.3. The summed E-state index contributed by atoms with van der Waals surface area (Å²) in [5.41, 5.74) is 4.07. The summed E-state index contributed by atoms with van der Waals surface area (Å²) in [6.07, 6.45) is 2.68. The van der Waals surface area contributed by atoms with Gasteiger partial charge in [0.25, 0.3) is 0 Å². The number of benzene rings is 2. The fourth-order valence-corrected chi connectivity index (χ4v) is 6.48. The predicted octanol–water partition coefficient (Wildman–Crippen LogP) is 4.10. The van der Waals surface area contributed by atoms with E-state index in [9.17, 15) is 13.2 Å². The number of nitriles is 1. The third-order valence-corrected chi connectivity index (χ3v) is 8.33. The van der Waals surface area contributed by atoms with Crippen molar-refractivity contribution in [3.8, 4) is 6.07 Å². The highest BCUT2D eigenvalue weighted by Crippen LogP contribution is 2.29. The summed E-state index contributed by atoms with van der Waals surface area (Å²) in [5, 5.41) is 8.97. The second kappa shape index (κ2) is 10.3. The smallest absolute Gasteiger partial charge is 0.243 e. The molecule has 1 heterocycles. The van der Waals surface area contributed by atoms with Crippen LogP contribution >= 0.6 is 0 Å². The van der Waals surface area contributed by atoms with Crippen LogP contribution in [0.4, 0.5) is 0 Å². The summed E-state index contributed by atoms with van der Waals surface area (Å²) >= 11 is 0. The zero-order chi connectivity index (χ0) is 24.2. The van der Waals surface area contributed by atoms with Crippen molar-refractivity contribution < 1.29 is 13.2 Å². The molecule has 0 saturated carbocycles. The van der Waals surface area contributed by atoms with Crippen LogP contribution in [0.25, 0.3) is 0 Å². The van der Waals surface area contributed by atoms with Crippen molar-refractivity contribution in [2.24, 2.45) is 5.92 Å². The van der Waals surface area contributed by atoms with Crippen LogP contribution in [0.2, 0.25) is 0 Å². The van der Waals surface area contributed by atoms with Gasteiger partial charge in [-0.25, -0.2) is 8.42 Å². The minimum Gasteiger partial charge on any atom is -0.334 e. The van der Waals surface area contributed by atoms with E-state index in [1.165, 1.54) is 4.31 Å². The van der Waals surface area contributed by atoms with Gasteiger partial charge in [0.1, 0.15) is 0 Å². The molecule has 1 amide bonds. The lowest BCUT2D eigenvalue weighted by Crippen LogP contribution is -2.44. The molecule has 0 spiro atoms. The number of sulfonamides is 1. The van der Waals surface area contributed by atoms with Gasteiger partial charge in [-0.1, -0.05) is 35.9 Å². The average molecular weight is 466 g/mol. The number of nitrogens with zero attached hydrogens (tertiary/aromatic N) is 3. The summed E-state index contributed by atoms with van der Waals surface area (Å²) in [6.45, 7) is 10.9.